The van der Waals surface area contributed by atoms with Crippen molar-refractivity contribution in [3.8, 4) is 0 Å². The highest BCUT2D eigenvalue weighted by molar-refractivity contribution is 6.30. The predicted octanol–water partition coefficient (Wildman–Crippen LogP) is 5.45. The van der Waals surface area contributed by atoms with Crippen LogP contribution in [0, 0.1) is 6.92 Å². The first-order chi connectivity index (χ1) is 9.61. The second-order valence-electron chi connectivity index (χ2n) is 5.26. The Morgan fingerprint density at radius 1 is 1.10 bits per heavy atom. The van der Waals surface area contributed by atoms with E-state index >= 15 is 0 Å². The van der Waals surface area contributed by atoms with Crippen LogP contribution in [0.1, 0.15) is 49.0 Å². The first-order valence-corrected chi connectivity index (χ1v) is 7.56. The van der Waals surface area contributed by atoms with Gasteiger partial charge in [0.05, 0.1) is 0 Å². The fourth-order valence-corrected chi connectivity index (χ4v) is 2.84. The van der Waals surface area contributed by atoms with Gasteiger partial charge < -0.3 is 5.32 Å². The quantitative estimate of drug-likeness (QED) is 0.771. The molecule has 0 aromatic heterocycles. The summed E-state index contributed by atoms with van der Waals surface area (Å²) in [5.41, 5.74) is 3.93. The van der Waals surface area contributed by atoms with Crippen LogP contribution in [0.4, 0.5) is 0 Å². The summed E-state index contributed by atoms with van der Waals surface area (Å²) in [4.78, 5) is 0. The summed E-state index contributed by atoms with van der Waals surface area (Å²) in [5.74, 6) is 0. The topological polar surface area (TPSA) is 12.0 Å². The Morgan fingerprint density at radius 3 is 2.50 bits per heavy atom. The molecule has 2 rings (SSSR count). The lowest BCUT2D eigenvalue weighted by atomic mass is 9.99. The molecule has 0 saturated carbocycles. The maximum absolute atomic E-state index is 6.10. The van der Waals surface area contributed by atoms with Crippen LogP contribution in [0.15, 0.2) is 48.5 Å². The van der Waals surface area contributed by atoms with Crippen molar-refractivity contribution in [3.63, 3.8) is 0 Å². The maximum atomic E-state index is 6.10. The van der Waals surface area contributed by atoms with Crippen molar-refractivity contribution in [2.75, 3.05) is 0 Å². The molecule has 0 amide bonds. The lowest BCUT2D eigenvalue weighted by Gasteiger charge is -2.24. The van der Waals surface area contributed by atoms with Crippen LogP contribution in [0.5, 0.6) is 0 Å². The zero-order valence-corrected chi connectivity index (χ0v) is 13.1. The standard InChI is InChI=1S/C18H22ClN/c1-4-18(15-9-7-10-16(19)12-15)20-14(3)17-11-6-5-8-13(17)2/h5-12,14,18,20H,4H2,1-3H3/t14-,18?/m0/s1. The fraction of sp³-hybridized carbons (Fsp3) is 0.333. The Kier molecular flexibility index (Phi) is 5.22. The molecule has 0 heterocycles. The number of halogens is 1. The van der Waals surface area contributed by atoms with Crippen molar-refractivity contribution in [1.29, 1.82) is 0 Å². The normalized spacial score (nSPS) is 14.0. The van der Waals surface area contributed by atoms with Crippen LogP contribution in [-0.2, 0) is 0 Å². The van der Waals surface area contributed by atoms with E-state index in [2.05, 4.69) is 56.4 Å². The molecule has 0 fully saturated rings. The van der Waals surface area contributed by atoms with Crippen LogP contribution < -0.4 is 5.32 Å². The highest BCUT2D eigenvalue weighted by Gasteiger charge is 2.15. The number of hydrogen-bond donors (Lipinski definition) is 1. The molecule has 20 heavy (non-hydrogen) atoms. The number of hydrogen-bond acceptors (Lipinski definition) is 1. The van der Waals surface area contributed by atoms with Crippen molar-refractivity contribution < 1.29 is 0 Å². The van der Waals surface area contributed by atoms with Crippen molar-refractivity contribution in [1.82, 2.24) is 5.32 Å². The zero-order valence-electron chi connectivity index (χ0n) is 12.4. The monoisotopic (exact) mass is 287 g/mol. The van der Waals surface area contributed by atoms with E-state index in [-0.39, 0.29) is 0 Å². The Morgan fingerprint density at radius 2 is 1.85 bits per heavy atom. The smallest absolute Gasteiger partial charge is 0.0409 e. The summed E-state index contributed by atoms with van der Waals surface area (Å²) < 4.78 is 0. The third kappa shape index (κ3) is 3.62. The van der Waals surface area contributed by atoms with Gasteiger partial charge in [0.1, 0.15) is 0 Å². The SMILES string of the molecule is CCC(N[C@@H](C)c1ccccc1C)c1cccc(Cl)c1. The largest absolute Gasteiger partial charge is 0.303 e. The van der Waals surface area contributed by atoms with Gasteiger partial charge in [-0.2, -0.15) is 0 Å². The number of rotatable bonds is 5. The van der Waals surface area contributed by atoms with Crippen molar-refractivity contribution in [2.24, 2.45) is 0 Å². The summed E-state index contributed by atoms with van der Waals surface area (Å²) in [6.45, 7) is 6.58. The Labute approximate surface area is 127 Å². The minimum absolute atomic E-state index is 0.320. The van der Waals surface area contributed by atoms with Gasteiger partial charge >= 0.3 is 0 Å². The summed E-state index contributed by atoms with van der Waals surface area (Å²) in [5, 5.41) is 4.51. The lowest BCUT2D eigenvalue weighted by molar-refractivity contribution is 0.455. The molecule has 1 unspecified atom stereocenters. The molecule has 2 aromatic rings. The minimum Gasteiger partial charge on any atom is -0.303 e. The van der Waals surface area contributed by atoms with E-state index in [4.69, 9.17) is 11.6 Å². The molecular weight excluding hydrogens is 266 g/mol. The Balaban J connectivity index is 2.16. The lowest BCUT2D eigenvalue weighted by Crippen LogP contribution is -2.24. The molecule has 0 saturated heterocycles. The van der Waals surface area contributed by atoms with E-state index < -0.39 is 0 Å². The highest BCUT2D eigenvalue weighted by atomic mass is 35.5. The molecule has 106 valence electrons. The average molecular weight is 288 g/mol. The molecule has 1 nitrogen and oxygen atoms in total. The zero-order chi connectivity index (χ0) is 14.5. The first kappa shape index (κ1) is 15.1. The number of nitrogens with one attached hydrogen (secondary N) is 1. The minimum atomic E-state index is 0.320. The summed E-state index contributed by atoms with van der Waals surface area (Å²) in [6.07, 6.45) is 1.04. The third-order valence-electron chi connectivity index (χ3n) is 3.77. The molecule has 0 aliphatic carbocycles. The van der Waals surface area contributed by atoms with Crippen molar-refractivity contribution >= 4 is 11.6 Å². The van der Waals surface area contributed by atoms with E-state index in [9.17, 15) is 0 Å². The van der Waals surface area contributed by atoms with Crippen LogP contribution >= 0.6 is 11.6 Å². The summed E-state index contributed by atoms with van der Waals surface area (Å²) in [6, 6.07) is 17.3. The van der Waals surface area contributed by atoms with Crippen LogP contribution in [0.2, 0.25) is 5.02 Å². The Hall–Kier alpha value is -1.31. The molecule has 1 N–H and O–H groups in total. The van der Waals surface area contributed by atoms with Gasteiger partial charge in [-0.05, 0) is 49.1 Å². The highest BCUT2D eigenvalue weighted by Crippen LogP contribution is 2.25. The fourth-order valence-electron chi connectivity index (χ4n) is 2.64. The van der Waals surface area contributed by atoms with Gasteiger partial charge in [0.15, 0.2) is 0 Å². The molecule has 2 atom stereocenters. The molecule has 0 spiro atoms. The predicted molar refractivity (Wildman–Crippen MR) is 87.2 cm³/mol. The first-order valence-electron chi connectivity index (χ1n) is 7.19. The van der Waals surface area contributed by atoms with Crippen molar-refractivity contribution in [3.05, 3.63) is 70.2 Å². The maximum Gasteiger partial charge on any atom is 0.0409 e. The summed E-state index contributed by atoms with van der Waals surface area (Å²) >= 11 is 6.10. The summed E-state index contributed by atoms with van der Waals surface area (Å²) in [7, 11) is 0. The molecule has 2 aromatic carbocycles. The van der Waals surface area contributed by atoms with Gasteiger partial charge in [-0.3, -0.25) is 0 Å². The van der Waals surface area contributed by atoms with Gasteiger partial charge in [0, 0.05) is 17.1 Å². The molecular formula is C18H22ClN. The van der Waals surface area contributed by atoms with Gasteiger partial charge in [0.2, 0.25) is 0 Å². The van der Waals surface area contributed by atoms with E-state index in [1.54, 1.807) is 0 Å². The molecule has 0 aliphatic rings. The number of benzene rings is 2. The van der Waals surface area contributed by atoms with Gasteiger partial charge in [0.25, 0.3) is 0 Å². The molecule has 0 radical (unpaired) electrons. The second kappa shape index (κ2) is 6.92. The van der Waals surface area contributed by atoms with Gasteiger partial charge in [-0.25, -0.2) is 0 Å². The van der Waals surface area contributed by atoms with E-state index in [1.165, 1.54) is 16.7 Å². The average Bonchev–Trinajstić information content (AvgIpc) is 2.45. The molecule has 0 bridgehead atoms. The van der Waals surface area contributed by atoms with E-state index in [0.717, 1.165) is 11.4 Å². The van der Waals surface area contributed by atoms with Crippen LogP contribution in [-0.4, -0.2) is 0 Å². The van der Waals surface area contributed by atoms with Crippen molar-refractivity contribution in [2.45, 2.75) is 39.3 Å². The van der Waals surface area contributed by atoms with Crippen LogP contribution in [0.3, 0.4) is 0 Å². The molecule has 0 aliphatic heterocycles. The molecule has 2 heteroatoms. The van der Waals surface area contributed by atoms with Crippen LogP contribution in [0.25, 0.3) is 0 Å². The second-order valence-corrected chi connectivity index (χ2v) is 5.70. The van der Waals surface area contributed by atoms with Gasteiger partial charge in [-0.15, -0.1) is 0 Å². The third-order valence-corrected chi connectivity index (χ3v) is 4.00. The Bertz CT molecular complexity index is 565. The van der Waals surface area contributed by atoms with E-state index in [0.29, 0.717) is 12.1 Å². The van der Waals surface area contributed by atoms with Gasteiger partial charge in [-0.1, -0.05) is 54.9 Å². The van der Waals surface area contributed by atoms with E-state index in [1.807, 2.05) is 18.2 Å². The number of aryl methyl sites for hydroxylation is 1.